The van der Waals surface area contributed by atoms with Crippen molar-refractivity contribution in [3.05, 3.63) is 66.2 Å². The zero-order valence-electron chi connectivity index (χ0n) is 17.9. The van der Waals surface area contributed by atoms with Gasteiger partial charge in [-0.15, -0.1) is 0 Å². The van der Waals surface area contributed by atoms with Crippen LogP contribution in [-0.2, 0) is 7.05 Å². The van der Waals surface area contributed by atoms with Gasteiger partial charge in [-0.2, -0.15) is 5.10 Å². The molecule has 0 aliphatic carbocycles. The van der Waals surface area contributed by atoms with E-state index in [1.54, 1.807) is 6.20 Å². The third-order valence-electron chi connectivity index (χ3n) is 5.84. The minimum Gasteiger partial charge on any atom is -0.335 e. The number of rotatable bonds is 3. The Kier molecular flexibility index (Phi) is 3.94. The summed E-state index contributed by atoms with van der Waals surface area (Å²) in [6.45, 7) is 4.06. The predicted molar refractivity (Wildman–Crippen MR) is 124 cm³/mol. The monoisotopic (exact) mass is 420 g/mol. The molecule has 2 N–H and O–H groups in total. The lowest BCUT2D eigenvalue weighted by Crippen LogP contribution is -1.96. The van der Waals surface area contributed by atoms with Crippen LogP contribution in [0.2, 0.25) is 0 Å². The molecular weight excluding hydrogens is 400 g/mol. The fraction of sp³-hybridized carbons (Fsp3) is 0.125. The topological polar surface area (TPSA) is 101 Å². The standard InChI is InChI=1S/C24H20N8/c1-13-5-4-6-15(11-13)16-9-10-25-23-20(16)28-24(29-23)22-21-18(30-31-22)8-7-17(27-21)19-12-26-14(2)32(19)3/h4-12H,1-3H3,(H,30,31)(H,25,28,29). The van der Waals surface area contributed by atoms with Crippen LogP contribution < -0.4 is 0 Å². The summed E-state index contributed by atoms with van der Waals surface area (Å²) in [7, 11) is 1.98. The molecule has 0 spiro atoms. The Morgan fingerprint density at radius 1 is 0.969 bits per heavy atom. The molecule has 8 heteroatoms. The molecule has 0 saturated heterocycles. The van der Waals surface area contributed by atoms with Gasteiger partial charge in [0.25, 0.3) is 0 Å². The van der Waals surface area contributed by atoms with Crippen LogP contribution in [0.15, 0.2) is 54.9 Å². The molecule has 5 heterocycles. The van der Waals surface area contributed by atoms with Gasteiger partial charge in [0.15, 0.2) is 17.2 Å². The number of aromatic amines is 2. The van der Waals surface area contributed by atoms with Gasteiger partial charge >= 0.3 is 0 Å². The lowest BCUT2D eigenvalue weighted by Gasteiger charge is -2.04. The van der Waals surface area contributed by atoms with Crippen molar-refractivity contribution in [3.8, 4) is 34.0 Å². The van der Waals surface area contributed by atoms with Gasteiger partial charge in [0.2, 0.25) is 0 Å². The van der Waals surface area contributed by atoms with Gasteiger partial charge in [-0.1, -0.05) is 29.8 Å². The summed E-state index contributed by atoms with van der Waals surface area (Å²) < 4.78 is 2.02. The van der Waals surface area contributed by atoms with Crippen molar-refractivity contribution in [2.24, 2.45) is 7.05 Å². The highest BCUT2D eigenvalue weighted by atomic mass is 15.2. The molecule has 8 nitrogen and oxygen atoms in total. The number of nitrogens with one attached hydrogen (secondary N) is 2. The second kappa shape index (κ2) is 6.84. The average Bonchev–Trinajstić information content (AvgIpc) is 3.50. The van der Waals surface area contributed by atoms with Crippen molar-refractivity contribution in [1.29, 1.82) is 0 Å². The van der Waals surface area contributed by atoms with E-state index < -0.39 is 0 Å². The SMILES string of the molecule is Cc1cccc(-c2ccnc3nc(-c4n[nH]c5ccc(-c6cnc(C)n6C)nc45)[nH]c23)c1. The second-order valence-corrected chi connectivity index (χ2v) is 7.93. The Bertz CT molecular complexity index is 1620. The third-order valence-corrected chi connectivity index (χ3v) is 5.84. The maximum Gasteiger partial charge on any atom is 0.178 e. The van der Waals surface area contributed by atoms with Crippen LogP contribution in [0.1, 0.15) is 11.4 Å². The number of pyridine rings is 2. The van der Waals surface area contributed by atoms with Gasteiger partial charge in [-0.25, -0.2) is 19.9 Å². The largest absolute Gasteiger partial charge is 0.335 e. The van der Waals surface area contributed by atoms with Crippen molar-refractivity contribution in [2.45, 2.75) is 13.8 Å². The van der Waals surface area contributed by atoms with Crippen LogP contribution in [0.5, 0.6) is 0 Å². The molecule has 32 heavy (non-hydrogen) atoms. The van der Waals surface area contributed by atoms with Gasteiger partial charge in [0.05, 0.1) is 28.6 Å². The summed E-state index contributed by atoms with van der Waals surface area (Å²) in [5.74, 6) is 1.56. The Balaban J connectivity index is 1.52. The molecule has 0 aliphatic rings. The van der Waals surface area contributed by atoms with Gasteiger partial charge in [-0.3, -0.25) is 5.10 Å². The molecule has 156 valence electrons. The molecule has 0 aliphatic heterocycles. The first-order chi connectivity index (χ1) is 15.6. The fourth-order valence-corrected chi connectivity index (χ4v) is 4.02. The van der Waals surface area contributed by atoms with Gasteiger partial charge < -0.3 is 9.55 Å². The molecule has 1 aromatic carbocycles. The number of hydrogen-bond acceptors (Lipinski definition) is 5. The second-order valence-electron chi connectivity index (χ2n) is 7.93. The van der Waals surface area contributed by atoms with Crippen LogP contribution in [0.25, 0.3) is 56.2 Å². The Labute approximate surface area is 183 Å². The van der Waals surface area contributed by atoms with E-state index in [1.807, 2.05) is 42.9 Å². The van der Waals surface area contributed by atoms with Crippen LogP contribution in [0.3, 0.4) is 0 Å². The van der Waals surface area contributed by atoms with Crippen LogP contribution in [0, 0.1) is 13.8 Å². The van der Waals surface area contributed by atoms with Gasteiger partial charge in [0.1, 0.15) is 11.3 Å². The minimum absolute atomic E-state index is 0.629. The van der Waals surface area contributed by atoms with Gasteiger partial charge in [0, 0.05) is 18.8 Å². The van der Waals surface area contributed by atoms with Crippen molar-refractivity contribution < 1.29 is 0 Å². The minimum atomic E-state index is 0.629. The summed E-state index contributed by atoms with van der Waals surface area (Å²) in [5, 5.41) is 7.58. The number of imidazole rings is 2. The number of aryl methyl sites for hydroxylation is 2. The molecule has 0 unspecified atom stereocenters. The van der Waals surface area contributed by atoms with E-state index in [0.29, 0.717) is 17.2 Å². The first-order valence-electron chi connectivity index (χ1n) is 10.3. The van der Waals surface area contributed by atoms with Crippen LogP contribution in [0.4, 0.5) is 0 Å². The van der Waals surface area contributed by atoms with Crippen molar-refractivity contribution >= 4 is 22.2 Å². The quantitative estimate of drug-likeness (QED) is 0.436. The lowest BCUT2D eigenvalue weighted by molar-refractivity contribution is 0.862. The molecule has 0 radical (unpaired) electrons. The predicted octanol–water partition coefficient (Wildman–Crippen LogP) is 4.58. The van der Waals surface area contributed by atoms with E-state index >= 15 is 0 Å². The molecule has 0 bridgehead atoms. The maximum absolute atomic E-state index is 4.88. The summed E-state index contributed by atoms with van der Waals surface area (Å²) in [6.07, 6.45) is 3.62. The normalized spacial score (nSPS) is 11.6. The number of H-pyrrole nitrogens is 2. The Morgan fingerprint density at radius 3 is 2.69 bits per heavy atom. The molecule has 0 atom stereocenters. The van der Waals surface area contributed by atoms with E-state index in [4.69, 9.17) is 9.97 Å². The van der Waals surface area contributed by atoms with Crippen molar-refractivity contribution in [2.75, 3.05) is 0 Å². The van der Waals surface area contributed by atoms with E-state index in [2.05, 4.69) is 56.3 Å². The molecule has 6 aromatic rings. The van der Waals surface area contributed by atoms with Crippen LogP contribution in [-0.4, -0.2) is 39.7 Å². The molecule has 5 aromatic heterocycles. The molecule has 0 fully saturated rings. The first-order valence-corrected chi connectivity index (χ1v) is 10.3. The number of hydrogen-bond donors (Lipinski definition) is 2. The molecule has 6 rings (SSSR count). The molecule has 0 saturated carbocycles. The summed E-state index contributed by atoms with van der Waals surface area (Å²) in [4.78, 5) is 21.9. The van der Waals surface area contributed by atoms with Crippen molar-refractivity contribution in [3.63, 3.8) is 0 Å². The van der Waals surface area contributed by atoms with E-state index in [-0.39, 0.29) is 0 Å². The molecule has 0 amide bonds. The Morgan fingerprint density at radius 2 is 1.88 bits per heavy atom. The number of aromatic nitrogens is 8. The summed E-state index contributed by atoms with van der Waals surface area (Å²) in [5.41, 5.74) is 8.93. The first kappa shape index (κ1) is 18.4. The number of nitrogens with zero attached hydrogens (tertiary/aromatic N) is 6. The number of benzene rings is 1. The zero-order chi connectivity index (χ0) is 21.8. The van der Waals surface area contributed by atoms with E-state index in [9.17, 15) is 0 Å². The van der Waals surface area contributed by atoms with Crippen LogP contribution >= 0.6 is 0 Å². The molecular formula is C24H20N8. The maximum atomic E-state index is 4.88. The fourth-order valence-electron chi connectivity index (χ4n) is 4.02. The van der Waals surface area contributed by atoms with Crippen molar-refractivity contribution in [1.82, 2.24) is 39.7 Å². The number of fused-ring (bicyclic) bond motifs is 2. The highest BCUT2D eigenvalue weighted by Crippen LogP contribution is 2.31. The zero-order valence-corrected chi connectivity index (χ0v) is 17.9. The van der Waals surface area contributed by atoms with E-state index in [1.165, 1.54) is 5.56 Å². The van der Waals surface area contributed by atoms with E-state index in [0.717, 1.165) is 44.9 Å². The average molecular weight is 420 g/mol. The highest BCUT2D eigenvalue weighted by Gasteiger charge is 2.18. The lowest BCUT2D eigenvalue weighted by atomic mass is 10.0. The summed E-state index contributed by atoms with van der Waals surface area (Å²) in [6, 6.07) is 14.3. The van der Waals surface area contributed by atoms with Gasteiger partial charge in [-0.05, 0) is 37.6 Å². The summed E-state index contributed by atoms with van der Waals surface area (Å²) >= 11 is 0. The smallest absolute Gasteiger partial charge is 0.178 e. The third kappa shape index (κ3) is 2.80. The highest BCUT2D eigenvalue weighted by molar-refractivity contribution is 5.94. The Hall–Kier alpha value is -4.33.